The second-order valence-electron chi connectivity index (χ2n) is 11.2. The van der Waals surface area contributed by atoms with E-state index in [2.05, 4.69) is 6.07 Å². The molecule has 1 saturated heterocycles. The van der Waals surface area contributed by atoms with Crippen LogP contribution in [0.3, 0.4) is 0 Å². The summed E-state index contributed by atoms with van der Waals surface area (Å²) in [5.74, 6) is 0.645. The Morgan fingerprint density at radius 2 is 0.913 bits per heavy atom. The molecule has 1 aliphatic heterocycles. The Morgan fingerprint density at radius 1 is 0.478 bits per heavy atom. The molecule has 1 aliphatic rings. The number of ether oxygens (including phenoxy) is 6. The first-order chi connectivity index (χ1) is 22.8. The molecule has 0 aliphatic carbocycles. The van der Waals surface area contributed by atoms with Crippen molar-refractivity contribution in [3.8, 4) is 5.75 Å². The van der Waals surface area contributed by atoms with E-state index < -0.39 is 30.7 Å². The lowest BCUT2D eigenvalue weighted by Crippen LogP contribution is -2.62. The fourth-order valence-electron chi connectivity index (χ4n) is 5.43. The molecule has 1 fully saturated rings. The van der Waals surface area contributed by atoms with E-state index in [1.54, 1.807) is 0 Å². The largest absolute Gasteiger partial charge is 0.462 e. The quantitative estimate of drug-likeness (QED) is 0.121. The van der Waals surface area contributed by atoms with Gasteiger partial charge in [0.2, 0.25) is 6.29 Å². The van der Waals surface area contributed by atoms with Gasteiger partial charge in [-0.15, -0.1) is 0 Å². The maximum absolute atomic E-state index is 6.76. The highest BCUT2D eigenvalue weighted by Gasteiger charge is 2.49. The summed E-state index contributed by atoms with van der Waals surface area (Å²) < 4.78 is 39.6. The molecule has 0 spiro atoms. The molecule has 235 valence electrons. The highest BCUT2D eigenvalue weighted by Crippen LogP contribution is 2.32. The van der Waals surface area contributed by atoms with E-state index in [4.69, 9.17) is 28.4 Å². The van der Waals surface area contributed by atoms with Gasteiger partial charge in [-0.25, -0.2) is 0 Å². The molecule has 46 heavy (non-hydrogen) atoms. The second-order valence-corrected chi connectivity index (χ2v) is 11.2. The van der Waals surface area contributed by atoms with Gasteiger partial charge in [-0.1, -0.05) is 133 Å². The summed E-state index contributed by atoms with van der Waals surface area (Å²) in [4.78, 5) is 0. The molecular weight excluding hydrogens is 576 g/mol. The van der Waals surface area contributed by atoms with Gasteiger partial charge in [0.25, 0.3) is 0 Å². The minimum Gasteiger partial charge on any atom is -0.462 e. The van der Waals surface area contributed by atoms with Crippen LogP contribution in [0, 0.1) is 6.07 Å². The highest BCUT2D eigenvalue weighted by atomic mass is 16.7. The van der Waals surface area contributed by atoms with E-state index in [-0.39, 0.29) is 6.61 Å². The number of rotatable bonds is 15. The summed E-state index contributed by atoms with van der Waals surface area (Å²) in [5.41, 5.74) is 4.21. The number of hydrogen-bond acceptors (Lipinski definition) is 6. The van der Waals surface area contributed by atoms with Crippen molar-refractivity contribution in [2.24, 2.45) is 0 Å². The number of benzene rings is 5. The molecule has 5 aromatic rings. The second kappa shape index (κ2) is 16.9. The van der Waals surface area contributed by atoms with Crippen molar-refractivity contribution in [2.75, 3.05) is 6.61 Å². The van der Waals surface area contributed by atoms with Crippen molar-refractivity contribution in [2.45, 2.75) is 57.1 Å². The van der Waals surface area contributed by atoms with E-state index in [0.29, 0.717) is 32.2 Å². The van der Waals surface area contributed by atoms with Gasteiger partial charge in [-0.3, -0.25) is 0 Å². The van der Waals surface area contributed by atoms with Crippen molar-refractivity contribution in [3.05, 3.63) is 174 Å². The summed E-state index contributed by atoms with van der Waals surface area (Å²) >= 11 is 0. The first-order valence-electron chi connectivity index (χ1n) is 15.7. The Morgan fingerprint density at radius 3 is 1.41 bits per heavy atom. The lowest BCUT2D eigenvalue weighted by Gasteiger charge is -2.45. The molecule has 6 heteroatoms. The Kier molecular flexibility index (Phi) is 11.6. The van der Waals surface area contributed by atoms with Gasteiger partial charge in [0, 0.05) is 0 Å². The maximum atomic E-state index is 6.76. The molecule has 5 atom stereocenters. The summed E-state index contributed by atoms with van der Waals surface area (Å²) in [6.45, 7) is 1.80. The maximum Gasteiger partial charge on any atom is 0.229 e. The molecule has 5 aromatic carbocycles. The van der Waals surface area contributed by atoms with Crippen LogP contribution in [0.4, 0.5) is 0 Å². The lowest BCUT2D eigenvalue weighted by molar-refractivity contribution is -0.310. The predicted molar refractivity (Wildman–Crippen MR) is 176 cm³/mol. The molecule has 0 saturated carbocycles. The average Bonchev–Trinajstić information content (AvgIpc) is 3.12. The Hall–Kier alpha value is -4.30. The summed E-state index contributed by atoms with van der Waals surface area (Å²) in [6, 6.07) is 50.8. The third-order valence-electron chi connectivity index (χ3n) is 7.78. The van der Waals surface area contributed by atoms with Crippen LogP contribution in [-0.4, -0.2) is 37.3 Å². The molecule has 0 amide bonds. The minimum absolute atomic E-state index is 0.271. The van der Waals surface area contributed by atoms with E-state index in [1.807, 2.05) is 146 Å². The van der Waals surface area contributed by atoms with Gasteiger partial charge in [-0.05, 0) is 40.5 Å². The van der Waals surface area contributed by atoms with Crippen molar-refractivity contribution < 1.29 is 28.4 Å². The van der Waals surface area contributed by atoms with Crippen LogP contribution in [0.15, 0.2) is 146 Å². The average molecular weight is 616 g/mol. The molecule has 0 bridgehead atoms. The van der Waals surface area contributed by atoms with Gasteiger partial charge < -0.3 is 28.4 Å². The van der Waals surface area contributed by atoms with Gasteiger partial charge in [0.1, 0.15) is 30.2 Å². The molecule has 1 heterocycles. The molecule has 6 rings (SSSR count). The highest BCUT2D eigenvalue weighted by molar-refractivity contribution is 5.21. The van der Waals surface area contributed by atoms with E-state index in [1.165, 1.54) is 0 Å². The van der Waals surface area contributed by atoms with Crippen LogP contribution in [0.2, 0.25) is 0 Å². The van der Waals surface area contributed by atoms with E-state index in [0.717, 1.165) is 22.3 Å². The van der Waals surface area contributed by atoms with Crippen LogP contribution in [0.5, 0.6) is 5.75 Å². The van der Waals surface area contributed by atoms with Crippen molar-refractivity contribution in [1.82, 2.24) is 0 Å². The topological polar surface area (TPSA) is 55.4 Å². The fourth-order valence-corrected chi connectivity index (χ4v) is 5.43. The molecule has 1 radical (unpaired) electrons. The van der Waals surface area contributed by atoms with Crippen LogP contribution in [0.1, 0.15) is 22.3 Å². The number of hydrogen-bond donors (Lipinski definition) is 0. The summed E-state index contributed by atoms with van der Waals surface area (Å²) in [6.07, 6.45) is -3.01. The molecule has 6 nitrogen and oxygen atoms in total. The molecule has 0 aromatic heterocycles. The van der Waals surface area contributed by atoms with E-state index in [9.17, 15) is 0 Å². The Bertz CT molecular complexity index is 1540. The zero-order valence-electron chi connectivity index (χ0n) is 25.7. The molecule has 0 unspecified atom stereocenters. The van der Waals surface area contributed by atoms with Crippen LogP contribution < -0.4 is 4.74 Å². The first kappa shape index (κ1) is 31.7. The lowest BCUT2D eigenvalue weighted by atomic mass is 9.97. The van der Waals surface area contributed by atoms with E-state index >= 15 is 0 Å². The SMILES string of the molecule is [c]1ccc(O[C@@H]2O[C@H](COCc3ccccc3)[C@@H](OCc3ccccc3)[C@H](OCc3ccccc3)[C@H]2OCc2ccccc2)cc1. The fraction of sp³-hybridized carbons (Fsp3) is 0.250. The van der Waals surface area contributed by atoms with Crippen molar-refractivity contribution in [1.29, 1.82) is 0 Å². The van der Waals surface area contributed by atoms with Crippen molar-refractivity contribution >= 4 is 0 Å². The van der Waals surface area contributed by atoms with Gasteiger partial charge in [0.05, 0.1) is 33.0 Å². The van der Waals surface area contributed by atoms with Crippen LogP contribution >= 0.6 is 0 Å². The zero-order chi connectivity index (χ0) is 31.2. The Labute approximate surface area is 271 Å². The standard InChI is InChI=1S/C40H39O6/c1-6-16-31(17-7-1)26-41-30-36-37(42-27-32-18-8-2-9-19-32)38(43-28-33-20-10-3-11-21-33)39(44-29-34-22-12-4-13-23-34)40(46-36)45-35-24-14-5-15-25-35/h1-4,6-25,36-40H,26-30H2/t36-,37-,38+,39-,40-/m1/s1. The smallest absolute Gasteiger partial charge is 0.229 e. The monoisotopic (exact) mass is 615 g/mol. The minimum atomic E-state index is -0.797. The third kappa shape index (κ3) is 9.13. The predicted octanol–water partition coefficient (Wildman–Crippen LogP) is 7.56. The Balaban J connectivity index is 1.31. The summed E-state index contributed by atoms with van der Waals surface area (Å²) in [5, 5.41) is 0. The molecule has 0 N–H and O–H groups in total. The zero-order valence-corrected chi connectivity index (χ0v) is 25.7. The van der Waals surface area contributed by atoms with Crippen LogP contribution in [-0.2, 0) is 50.1 Å². The first-order valence-corrected chi connectivity index (χ1v) is 15.7. The van der Waals surface area contributed by atoms with Gasteiger partial charge in [0.15, 0.2) is 0 Å². The third-order valence-corrected chi connectivity index (χ3v) is 7.78. The van der Waals surface area contributed by atoms with Crippen molar-refractivity contribution in [3.63, 3.8) is 0 Å². The van der Waals surface area contributed by atoms with Crippen LogP contribution in [0.25, 0.3) is 0 Å². The normalized spacial score (nSPS) is 21.1. The molecular formula is C40H39O6. The van der Waals surface area contributed by atoms with Gasteiger partial charge >= 0.3 is 0 Å². The van der Waals surface area contributed by atoms with Gasteiger partial charge in [-0.2, -0.15) is 0 Å². The summed E-state index contributed by atoms with van der Waals surface area (Å²) in [7, 11) is 0.